The largest absolute Gasteiger partial charge is 0.515 e. The SMILES string of the molecule is CCOC(=O)Oc1ncc2[nH]c3c(c2c1COC)C(CNC(C)C)CCC3. The van der Waals surface area contributed by atoms with Gasteiger partial charge in [0.15, 0.2) is 0 Å². The van der Waals surface area contributed by atoms with Crippen LogP contribution in [0.15, 0.2) is 6.20 Å². The van der Waals surface area contributed by atoms with Crippen LogP contribution in [-0.4, -0.2) is 42.4 Å². The highest BCUT2D eigenvalue weighted by atomic mass is 16.7. The average molecular weight is 375 g/mol. The predicted octanol–water partition coefficient (Wildman–Crippen LogP) is 3.66. The summed E-state index contributed by atoms with van der Waals surface area (Å²) in [5.41, 5.74) is 4.29. The van der Waals surface area contributed by atoms with E-state index in [1.54, 1.807) is 20.2 Å². The molecule has 27 heavy (non-hydrogen) atoms. The van der Waals surface area contributed by atoms with Crippen molar-refractivity contribution >= 4 is 17.1 Å². The first-order valence-corrected chi connectivity index (χ1v) is 9.64. The Balaban J connectivity index is 2.06. The molecule has 0 amide bonds. The van der Waals surface area contributed by atoms with Crippen LogP contribution in [0.4, 0.5) is 4.79 Å². The van der Waals surface area contributed by atoms with Crippen molar-refractivity contribution < 1.29 is 19.0 Å². The number of nitrogens with one attached hydrogen (secondary N) is 2. The topological polar surface area (TPSA) is 85.5 Å². The molecule has 0 saturated carbocycles. The van der Waals surface area contributed by atoms with Crippen LogP contribution in [0.2, 0.25) is 0 Å². The lowest BCUT2D eigenvalue weighted by Crippen LogP contribution is -2.29. The molecule has 1 unspecified atom stereocenters. The van der Waals surface area contributed by atoms with Gasteiger partial charge in [-0.1, -0.05) is 13.8 Å². The molecule has 1 aliphatic rings. The number of aromatic amines is 1. The molecule has 2 N–H and O–H groups in total. The molecular formula is C20H29N3O4. The zero-order valence-electron chi connectivity index (χ0n) is 16.6. The molecule has 0 radical (unpaired) electrons. The minimum atomic E-state index is -0.746. The number of methoxy groups -OCH3 is 1. The Morgan fingerprint density at radius 3 is 2.96 bits per heavy atom. The van der Waals surface area contributed by atoms with Gasteiger partial charge in [0, 0.05) is 30.8 Å². The van der Waals surface area contributed by atoms with Crippen LogP contribution in [0, 0.1) is 0 Å². The highest BCUT2D eigenvalue weighted by Crippen LogP contribution is 2.40. The van der Waals surface area contributed by atoms with Crippen LogP contribution >= 0.6 is 0 Å². The fourth-order valence-electron chi connectivity index (χ4n) is 3.81. The Morgan fingerprint density at radius 2 is 2.26 bits per heavy atom. The number of rotatable bonds is 7. The summed E-state index contributed by atoms with van der Waals surface area (Å²) in [7, 11) is 1.63. The van der Waals surface area contributed by atoms with E-state index < -0.39 is 6.16 Å². The lowest BCUT2D eigenvalue weighted by Gasteiger charge is -2.25. The van der Waals surface area contributed by atoms with Crippen molar-refractivity contribution in [3.8, 4) is 5.88 Å². The van der Waals surface area contributed by atoms with Gasteiger partial charge in [0.1, 0.15) is 0 Å². The van der Waals surface area contributed by atoms with E-state index in [9.17, 15) is 4.79 Å². The van der Waals surface area contributed by atoms with Crippen LogP contribution in [0.25, 0.3) is 10.9 Å². The van der Waals surface area contributed by atoms with Crippen molar-refractivity contribution in [2.75, 3.05) is 20.3 Å². The van der Waals surface area contributed by atoms with Crippen molar-refractivity contribution in [1.29, 1.82) is 0 Å². The van der Waals surface area contributed by atoms with Gasteiger partial charge in [-0.25, -0.2) is 9.78 Å². The van der Waals surface area contributed by atoms with E-state index in [-0.39, 0.29) is 12.5 Å². The minimum absolute atomic E-state index is 0.253. The number of aromatic nitrogens is 2. The molecule has 1 atom stereocenters. The third-order valence-corrected chi connectivity index (χ3v) is 4.91. The van der Waals surface area contributed by atoms with E-state index >= 15 is 0 Å². The first-order valence-electron chi connectivity index (χ1n) is 9.64. The number of hydrogen-bond donors (Lipinski definition) is 2. The maximum absolute atomic E-state index is 11.8. The minimum Gasteiger partial charge on any atom is -0.434 e. The second kappa shape index (κ2) is 8.71. The summed E-state index contributed by atoms with van der Waals surface area (Å²) in [6.45, 7) is 7.54. The van der Waals surface area contributed by atoms with Crippen LogP contribution in [0.3, 0.4) is 0 Å². The van der Waals surface area contributed by atoms with E-state index in [4.69, 9.17) is 14.2 Å². The van der Waals surface area contributed by atoms with E-state index in [0.717, 1.165) is 42.3 Å². The number of aryl methyl sites for hydroxylation is 1. The molecule has 2 aromatic rings. The van der Waals surface area contributed by atoms with Gasteiger partial charge in [-0.05, 0) is 37.7 Å². The average Bonchev–Trinajstić information content (AvgIpc) is 3.01. The van der Waals surface area contributed by atoms with Gasteiger partial charge in [0.2, 0.25) is 5.88 Å². The number of carbonyl (C=O) groups excluding carboxylic acids is 1. The molecule has 2 heterocycles. The molecule has 0 aliphatic heterocycles. The summed E-state index contributed by atoms with van der Waals surface area (Å²) in [4.78, 5) is 19.7. The predicted molar refractivity (Wildman–Crippen MR) is 103 cm³/mol. The monoisotopic (exact) mass is 375 g/mol. The number of nitrogens with zero attached hydrogens (tertiary/aromatic N) is 1. The summed E-state index contributed by atoms with van der Waals surface area (Å²) in [6.07, 6.45) is 4.28. The van der Waals surface area contributed by atoms with Gasteiger partial charge in [0.05, 0.1) is 30.5 Å². The molecule has 7 nitrogen and oxygen atoms in total. The van der Waals surface area contributed by atoms with Gasteiger partial charge in [0.25, 0.3) is 0 Å². The molecule has 0 saturated heterocycles. The Bertz CT molecular complexity index is 800. The first-order chi connectivity index (χ1) is 13.0. The van der Waals surface area contributed by atoms with Gasteiger partial charge < -0.3 is 24.5 Å². The van der Waals surface area contributed by atoms with E-state index in [2.05, 4.69) is 29.1 Å². The Hall–Kier alpha value is -2.12. The van der Waals surface area contributed by atoms with Crippen LogP contribution in [0.1, 0.15) is 56.4 Å². The molecule has 0 spiro atoms. The maximum Gasteiger partial charge on any atom is 0.515 e. The number of H-pyrrole nitrogens is 1. The van der Waals surface area contributed by atoms with Crippen LogP contribution in [-0.2, 0) is 22.5 Å². The van der Waals surface area contributed by atoms with E-state index in [1.807, 2.05) is 0 Å². The maximum atomic E-state index is 11.8. The second-order valence-corrected chi connectivity index (χ2v) is 7.22. The Kier molecular flexibility index (Phi) is 6.34. The highest BCUT2D eigenvalue weighted by molar-refractivity contribution is 5.90. The van der Waals surface area contributed by atoms with Crippen molar-refractivity contribution in [1.82, 2.24) is 15.3 Å². The number of ether oxygens (including phenoxy) is 3. The third kappa shape index (κ3) is 4.25. The number of pyridine rings is 1. The summed E-state index contributed by atoms with van der Waals surface area (Å²) < 4.78 is 15.7. The normalized spacial score (nSPS) is 16.6. The van der Waals surface area contributed by atoms with Gasteiger partial charge in [-0.15, -0.1) is 0 Å². The summed E-state index contributed by atoms with van der Waals surface area (Å²) in [5, 5.41) is 4.63. The van der Waals surface area contributed by atoms with Gasteiger partial charge >= 0.3 is 6.16 Å². The van der Waals surface area contributed by atoms with Gasteiger partial charge in [-0.2, -0.15) is 0 Å². The molecule has 2 aromatic heterocycles. The molecule has 7 heteroatoms. The summed E-state index contributed by atoms with van der Waals surface area (Å²) in [6, 6.07) is 0.434. The molecule has 0 aromatic carbocycles. The van der Waals surface area contributed by atoms with Gasteiger partial charge in [-0.3, -0.25) is 0 Å². The lowest BCUT2D eigenvalue weighted by atomic mass is 9.84. The zero-order valence-corrected chi connectivity index (χ0v) is 16.6. The van der Waals surface area contributed by atoms with E-state index in [0.29, 0.717) is 18.6 Å². The summed E-state index contributed by atoms with van der Waals surface area (Å²) >= 11 is 0. The Morgan fingerprint density at radius 1 is 1.44 bits per heavy atom. The van der Waals surface area contributed by atoms with Crippen molar-refractivity contribution in [2.45, 2.75) is 58.6 Å². The quantitative estimate of drug-likeness (QED) is 0.718. The number of fused-ring (bicyclic) bond motifs is 3. The fraction of sp³-hybridized carbons (Fsp3) is 0.600. The summed E-state index contributed by atoms with van der Waals surface area (Å²) in [5.74, 6) is 0.657. The molecule has 0 fully saturated rings. The Labute approximate surface area is 159 Å². The fourth-order valence-corrected chi connectivity index (χ4v) is 3.81. The first kappa shape index (κ1) is 19.6. The van der Waals surface area contributed by atoms with Crippen molar-refractivity contribution in [2.24, 2.45) is 0 Å². The molecular weight excluding hydrogens is 346 g/mol. The van der Waals surface area contributed by atoms with Crippen molar-refractivity contribution in [3.63, 3.8) is 0 Å². The number of hydrogen-bond acceptors (Lipinski definition) is 6. The molecule has 1 aliphatic carbocycles. The number of carbonyl (C=O) groups is 1. The second-order valence-electron chi connectivity index (χ2n) is 7.22. The van der Waals surface area contributed by atoms with Crippen LogP contribution < -0.4 is 10.1 Å². The lowest BCUT2D eigenvalue weighted by molar-refractivity contribution is 0.101. The third-order valence-electron chi connectivity index (χ3n) is 4.91. The van der Waals surface area contributed by atoms with Crippen LogP contribution in [0.5, 0.6) is 5.88 Å². The molecule has 3 rings (SSSR count). The van der Waals surface area contributed by atoms with E-state index in [1.165, 1.54) is 11.3 Å². The zero-order chi connectivity index (χ0) is 19.4. The highest BCUT2D eigenvalue weighted by Gasteiger charge is 2.28. The smallest absolute Gasteiger partial charge is 0.434 e. The molecule has 0 bridgehead atoms. The van der Waals surface area contributed by atoms with Crippen molar-refractivity contribution in [3.05, 3.63) is 23.0 Å². The molecule has 148 valence electrons. The standard InChI is InChI=1S/C20H29N3O4/c1-5-26-20(24)27-19-14(11-25-4)18-16(10-22-19)23-15-8-6-7-13(17(15)18)9-21-12(2)3/h10,12-13,21,23H,5-9,11H2,1-4H3.